The van der Waals surface area contributed by atoms with Crippen molar-refractivity contribution < 1.29 is 23.1 Å². The van der Waals surface area contributed by atoms with Crippen LogP contribution < -0.4 is 5.32 Å². The summed E-state index contributed by atoms with van der Waals surface area (Å²) in [4.78, 5) is 15.7. The number of aliphatic hydroxyl groups is 1. The molecule has 3 aromatic rings. The Morgan fingerprint density at radius 3 is 2.87 bits per heavy atom. The van der Waals surface area contributed by atoms with E-state index in [1.165, 1.54) is 20.4 Å². The third-order valence-electron chi connectivity index (χ3n) is 5.52. The topological polar surface area (TPSA) is 122 Å². The SMILES string of the molecule is COP(=O)(OC)[C@]1(O)CCC[C@H](Nc2nc(-c3c[nH]c4ncc(Cl)cc34)ncc2F)C1. The lowest BCUT2D eigenvalue weighted by atomic mass is 9.92. The number of aromatic nitrogens is 4. The first-order chi connectivity index (χ1) is 14.8. The number of fused-ring (bicyclic) bond motifs is 1. The molecule has 9 nitrogen and oxygen atoms in total. The lowest BCUT2D eigenvalue weighted by Crippen LogP contribution is -2.41. The summed E-state index contributed by atoms with van der Waals surface area (Å²) in [7, 11) is -1.27. The molecule has 0 amide bonds. The molecule has 0 spiro atoms. The number of anilines is 1. The van der Waals surface area contributed by atoms with Gasteiger partial charge in [0, 0.05) is 50.0 Å². The van der Waals surface area contributed by atoms with Gasteiger partial charge in [-0.05, 0) is 25.3 Å². The molecule has 3 aromatic heterocycles. The zero-order chi connectivity index (χ0) is 22.2. The number of hydrogen-bond acceptors (Lipinski definition) is 8. The maximum absolute atomic E-state index is 14.5. The van der Waals surface area contributed by atoms with Crippen LogP contribution in [0.2, 0.25) is 5.02 Å². The highest BCUT2D eigenvalue weighted by Crippen LogP contribution is 2.62. The number of nitrogens with zero attached hydrogens (tertiary/aromatic N) is 3. The first kappa shape index (κ1) is 22.1. The Kier molecular flexibility index (Phi) is 6.02. The van der Waals surface area contributed by atoms with Crippen molar-refractivity contribution >= 4 is 36.0 Å². The molecule has 0 aliphatic heterocycles. The van der Waals surface area contributed by atoms with Crippen molar-refractivity contribution in [3.05, 3.63) is 35.5 Å². The lowest BCUT2D eigenvalue weighted by molar-refractivity contribution is 0.0417. The number of rotatable bonds is 6. The van der Waals surface area contributed by atoms with Crippen molar-refractivity contribution in [3.8, 4) is 11.4 Å². The van der Waals surface area contributed by atoms with E-state index >= 15 is 0 Å². The fourth-order valence-electron chi connectivity index (χ4n) is 3.97. The maximum atomic E-state index is 14.5. The van der Waals surface area contributed by atoms with Crippen molar-refractivity contribution in [3.63, 3.8) is 0 Å². The van der Waals surface area contributed by atoms with Crippen LogP contribution in [0.4, 0.5) is 10.2 Å². The van der Waals surface area contributed by atoms with Crippen LogP contribution in [0, 0.1) is 5.82 Å². The quantitative estimate of drug-likeness (QED) is 0.456. The minimum absolute atomic E-state index is 0.0201. The van der Waals surface area contributed by atoms with E-state index in [0.717, 1.165) is 6.20 Å². The smallest absolute Gasteiger partial charge is 0.361 e. The van der Waals surface area contributed by atoms with E-state index in [4.69, 9.17) is 20.6 Å². The van der Waals surface area contributed by atoms with Crippen LogP contribution in [-0.2, 0) is 13.6 Å². The van der Waals surface area contributed by atoms with Gasteiger partial charge in [0.05, 0.1) is 11.2 Å². The van der Waals surface area contributed by atoms with E-state index in [-0.39, 0.29) is 24.5 Å². The van der Waals surface area contributed by atoms with E-state index < -0.39 is 24.8 Å². The highest BCUT2D eigenvalue weighted by atomic mass is 35.5. The average molecular weight is 470 g/mol. The van der Waals surface area contributed by atoms with Crippen molar-refractivity contribution in [2.24, 2.45) is 0 Å². The fourth-order valence-corrected chi connectivity index (χ4v) is 5.83. The standard InChI is InChI=1S/C19H22ClFN5O4P/c1-29-31(28,30-2)19(27)5-3-4-12(7-19)25-18-15(21)10-24-17(26-18)14-9-23-16-13(14)6-11(20)8-22-16/h6,8-10,12,27H,3-5,7H2,1-2H3,(H,22,23)(H,24,25,26)/t12-,19+/m0/s1. The zero-order valence-electron chi connectivity index (χ0n) is 16.9. The van der Waals surface area contributed by atoms with E-state index in [1.807, 2.05) is 0 Å². The van der Waals surface area contributed by atoms with Crippen molar-refractivity contribution in [1.29, 1.82) is 0 Å². The first-order valence-corrected chi connectivity index (χ1v) is 11.6. The molecular formula is C19H22ClFN5O4P. The second-order valence-electron chi connectivity index (χ2n) is 7.42. The summed E-state index contributed by atoms with van der Waals surface area (Å²) in [6.45, 7) is 0. The summed E-state index contributed by atoms with van der Waals surface area (Å²) in [6.07, 6.45) is 5.76. The third-order valence-corrected chi connectivity index (χ3v) is 8.11. The fraction of sp³-hybridized carbons (Fsp3) is 0.421. The molecule has 0 unspecified atom stereocenters. The molecule has 12 heteroatoms. The van der Waals surface area contributed by atoms with Crippen LogP contribution in [0.5, 0.6) is 0 Å². The van der Waals surface area contributed by atoms with Crippen molar-refractivity contribution in [2.75, 3.05) is 19.5 Å². The molecule has 0 aromatic carbocycles. The van der Waals surface area contributed by atoms with E-state index in [9.17, 15) is 14.1 Å². The highest BCUT2D eigenvalue weighted by Gasteiger charge is 2.51. The van der Waals surface area contributed by atoms with Gasteiger partial charge in [0.15, 0.2) is 22.8 Å². The summed E-state index contributed by atoms with van der Waals surface area (Å²) in [5.41, 5.74) is 1.23. The van der Waals surface area contributed by atoms with Gasteiger partial charge in [0.1, 0.15) is 5.65 Å². The Labute approximate surface area is 182 Å². The van der Waals surface area contributed by atoms with Gasteiger partial charge >= 0.3 is 7.60 Å². The number of aromatic amines is 1. The van der Waals surface area contributed by atoms with Gasteiger partial charge in [-0.2, -0.15) is 0 Å². The molecule has 4 rings (SSSR count). The van der Waals surface area contributed by atoms with Crippen LogP contribution in [0.3, 0.4) is 0 Å². The van der Waals surface area contributed by atoms with Gasteiger partial charge in [0.25, 0.3) is 0 Å². The summed E-state index contributed by atoms with van der Waals surface area (Å²) >= 11 is 6.05. The molecule has 0 bridgehead atoms. The molecule has 0 saturated heterocycles. The van der Waals surface area contributed by atoms with Gasteiger partial charge in [-0.25, -0.2) is 19.3 Å². The Morgan fingerprint density at radius 1 is 1.35 bits per heavy atom. The molecule has 1 aliphatic rings. The monoisotopic (exact) mass is 469 g/mol. The molecule has 1 saturated carbocycles. The summed E-state index contributed by atoms with van der Waals surface area (Å²) < 4.78 is 37.3. The van der Waals surface area contributed by atoms with Crippen LogP contribution in [0.15, 0.2) is 24.7 Å². The molecule has 1 aliphatic carbocycles. The second kappa shape index (κ2) is 8.44. The molecule has 0 radical (unpaired) electrons. The Bertz CT molecular complexity index is 1150. The summed E-state index contributed by atoms with van der Waals surface area (Å²) in [5.74, 6) is -0.381. The number of nitrogens with one attached hydrogen (secondary N) is 2. The van der Waals surface area contributed by atoms with Gasteiger partial charge in [-0.3, -0.25) is 4.57 Å². The molecule has 3 heterocycles. The van der Waals surface area contributed by atoms with Gasteiger partial charge in [-0.1, -0.05) is 11.6 Å². The Balaban J connectivity index is 1.62. The molecule has 166 valence electrons. The molecule has 3 N–H and O–H groups in total. The van der Waals surface area contributed by atoms with Crippen LogP contribution in [0.1, 0.15) is 25.7 Å². The van der Waals surface area contributed by atoms with Gasteiger partial charge in [0.2, 0.25) is 0 Å². The minimum Gasteiger partial charge on any atom is -0.377 e. The zero-order valence-corrected chi connectivity index (χ0v) is 18.6. The van der Waals surface area contributed by atoms with E-state index in [1.54, 1.807) is 12.3 Å². The molecule has 2 atom stereocenters. The van der Waals surface area contributed by atoms with E-state index in [2.05, 4.69) is 25.3 Å². The Hall–Kier alpha value is -2.10. The van der Waals surface area contributed by atoms with Crippen LogP contribution in [-0.4, -0.2) is 50.6 Å². The van der Waals surface area contributed by atoms with Crippen molar-refractivity contribution in [1.82, 2.24) is 19.9 Å². The number of hydrogen-bond donors (Lipinski definition) is 3. The number of halogens is 2. The van der Waals surface area contributed by atoms with E-state index in [0.29, 0.717) is 34.5 Å². The first-order valence-electron chi connectivity index (χ1n) is 9.64. The predicted octanol–water partition coefficient (Wildman–Crippen LogP) is 4.34. The number of H-pyrrole nitrogens is 1. The molecule has 31 heavy (non-hydrogen) atoms. The second-order valence-corrected chi connectivity index (χ2v) is 10.4. The minimum atomic E-state index is -3.74. The maximum Gasteiger partial charge on any atom is 0.361 e. The van der Waals surface area contributed by atoms with Crippen LogP contribution >= 0.6 is 19.2 Å². The normalized spacial score (nSPS) is 22.0. The predicted molar refractivity (Wildman–Crippen MR) is 115 cm³/mol. The Morgan fingerprint density at radius 2 is 2.13 bits per heavy atom. The summed E-state index contributed by atoms with van der Waals surface area (Å²) in [6, 6.07) is 1.33. The molecule has 1 fully saturated rings. The number of pyridine rings is 1. The molecular weight excluding hydrogens is 448 g/mol. The summed E-state index contributed by atoms with van der Waals surface area (Å²) in [5, 5.41) is 13.5. The third kappa shape index (κ3) is 4.06. The van der Waals surface area contributed by atoms with Crippen molar-refractivity contribution in [2.45, 2.75) is 37.1 Å². The van der Waals surface area contributed by atoms with Gasteiger partial charge < -0.3 is 24.5 Å². The largest absolute Gasteiger partial charge is 0.377 e. The average Bonchev–Trinajstić information content (AvgIpc) is 3.17. The van der Waals surface area contributed by atoms with Crippen LogP contribution in [0.25, 0.3) is 22.4 Å². The van der Waals surface area contributed by atoms with Gasteiger partial charge in [-0.15, -0.1) is 0 Å². The highest BCUT2D eigenvalue weighted by molar-refractivity contribution is 7.55. The lowest BCUT2D eigenvalue weighted by Gasteiger charge is -2.39.